The first kappa shape index (κ1) is 16.4. The number of aromatic hydroxyl groups is 1. The molecule has 0 aliphatic carbocycles. The average Bonchev–Trinajstić information content (AvgIpc) is 3.12. The summed E-state index contributed by atoms with van der Waals surface area (Å²) in [6.45, 7) is 3.61. The van der Waals surface area contributed by atoms with Crippen LogP contribution >= 0.6 is 0 Å². The Labute approximate surface area is 144 Å². The van der Waals surface area contributed by atoms with Crippen LogP contribution in [0.1, 0.15) is 28.5 Å². The van der Waals surface area contributed by atoms with Crippen molar-refractivity contribution in [3.05, 3.63) is 71.4 Å². The molecule has 1 heterocycles. The molecule has 0 fully saturated rings. The van der Waals surface area contributed by atoms with Gasteiger partial charge in [0.1, 0.15) is 5.75 Å². The highest BCUT2D eigenvalue weighted by molar-refractivity contribution is 6.02. The summed E-state index contributed by atoms with van der Waals surface area (Å²) in [6, 6.07) is 16.1. The standard InChI is InChI=1S/C19H17N3O3/c1-12-8-9-17(23)15(10-12)13(2)20-21-19(24)16-11-18(25-22-16)14-6-4-3-5-7-14/h3-11,23H,1-2H3,(H,21,24). The van der Waals surface area contributed by atoms with Gasteiger partial charge in [-0.05, 0) is 26.0 Å². The zero-order valence-electron chi connectivity index (χ0n) is 13.9. The van der Waals surface area contributed by atoms with Gasteiger partial charge < -0.3 is 9.63 Å². The summed E-state index contributed by atoms with van der Waals surface area (Å²) in [5.41, 5.74) is 5.42. The molecule has 0 radical (unpaired) electrons. The lowest BCUT2D eigenvalue weighted by Gasteiger charge is -2.05. The Morgan fingerprint density at radius 1 is 1.16 bits per heavy atom. The summed E-state index contributed by atoms with van der Waals surface area (Å²) in [4.78, 5) is 12.2. The molecule has 0 bridgehead atoms. The maximum Gasteiger partial charge on any atom is 0.293 e. The number of phenols is 1. The molecule has 2 N–H and O–H groups in total. The molecule has 0 saturated carbocycles. The number of hydrogen-bond acceptors (Lipinski definition) is 5. The molecule has 0 unspecified atom stereocenters. The van der Waals surface area contributed by atoms with Gasteiger partial charge in [-0.25, -0.2) is 5.43 Å². The van der Waals surface area contributed by atoms with Gasteiger partial charge in [0, 0.05) is 17.2 Å². The number of nitrogens with one attached hydrogen (secondary N) is 1. The van der Waals surface area contributed by atoms with Crippen LogP contribution in [0, 0.1) is 6.92 Å². The van der Waals surface area contributed by atoms with Crippen molar-refractivity contribution in [3.63, 3.8) is 0 Å². The third-order valence-electron chi connectivity index (χ3n) is 3.67. The van der Waals surface area contributed by atoms with E-state index < -0.39 is 5.91 Å². The van der Waals surface area contributed by atoms with Gasteiger partial charge in [-0.1, -0.05) is 47.1 Å². The lowest BCUT2D eigenvalue weighted by molar-refractivity contribution is 0.0946. The predicted octanol–water partition coefficient (Wildman–Crippen LogP) is 3.51. The quantitative estimate of drug-likeness (QED) is 0.564. The van der Waals surface area contributed by atoms with Gasteiger partial charge in [-0.15, -0.1) is 0 Å². The van der Waals surface area contributed by atoms with Gasteiger partial charge in [-0.2, -0.15) is 5.10 Å². The number of phenolic OH excluding ortho intramolecular Hbond substituents is 1. The Bertz CT molecular complexity index is 930. The Morgan fingerprint density at radius 3 is 2.68 bits per heavy atom. The van der Waals surface area contributed by atoms with Crippen molar-refractivity contribution < 1.29 is 14.4 Å². The molecule has 6 heteroatoms. The maximum atomic E-state index is 12.2. The Balaban J connectivity index is 1.74. The van der Waals surface area contributed by atoms with E-state index >= 15 is 0 Å². The zero-order chi connectivity index (χ0) is 17.8. The first-order chi connectivity index (χ1) is 12.0. The molecule has 0 spiro atoms. The van der Waals surface area contributed by atoms with Crippen LogP contribution in [-0.2, 0) is 0 Å². The minimum Gasteiger partial charge on any atom is -0.507 e. The molecule has 0 atom stereocenters. The van der Waals surface area contributed by atoms with Crippen LogP contribution in [0.4, 0.5) is 0 Å². The zero-order valence-corrected chi connectivity index (χ0v) is 13.9. The van der Waals surface area contributed by atoms with Crippen LogP contribution in [0.25, 0.3) is 11.3 Å². The second-order valence-electron chi connectivity index (χ2n) is 5.60. The van der Waals surface area contributed by atoms with Crippen molar-refractivity contribution in [1.29, 1.82) is 0 Å². The fourth-order valence-electron chi connectivity index (χ4n) is 2.31. The minimum absolute atomic E-state index is 0.105. The summed E-state index contributed by atoms with van der Waals surface area (Å²) in [7, 11) is 0. The van der Waals surface area contributed by atoms with Crippen LogP contribution in [0.5, 0.6) is 5.75 Å². The van der Waals surface area contributed by atoms with E-state index in [1.165, 1.54) is 0 Å². The SMILES string of the molecule is CC(=NNC(=O)c1cc(-c2ccccc2)on1)c1cc(C)ccc1O. The van der Waals surface area contributed by atoms with E-state index in [0.717, 1.165) is 11.1 Å². The minimum atomic E-state index is -0.488. The summed E-state index contributed by atoms with van der Waals surface area (Å²) in [5, 5.41) is 17.7. The molecular formula is C19H17N3O3. The smallest absolute Gasteiger partial charge is 0.293 e. The highest BCUT2D eigenvalue weighted by Crippen LogP contribution is 2.20. The van der Waals surface area contributed by atoms with Crippen LogP contribution in [-0.4, -0.2) is 21.9 Å². The molecule has 0 aliphatic heterocycles. The van der Waals surface area contributed by atoms with E-state index in [0.29, 0.717) is 17.0 Å². The first-order valence-electron chi connectivity index (χ1n) is 7.71. The number of rotatable bonds is 4. The van der Waals surface area contributed by atoms with E-state index in [9.17, 15) is 9.90 Å². The number of hydrazone groups is 1. The van der Waals surface area contributed by atoms with Gasteiger partial charge in [-0.3, -0.25) is 4.79 Å². The topological polar surface area (TPSA) is 87.7 Å². The Hall–Kier alpha value is -3.41. The Morgan fingerprint density at radius 2 is 1.92 bits per heavy atom. The van der Waals surface area contributed by atoms with Crippen molar-refractivity contribution in [2.45, 2.75) is 13.8 Å². The lowest BCUT2D eigenvalue weighted by Crippen LogP contribution is -2.19. The van der Waals surface area contributed by atoms with E-state index in [1.54, 1.807) is 31.2 Å². The molecule has 0 saturated heterocycles. The third kappa shape index (κ3) is 3.74. The number of hydrogen-bond donors (Lipinski definition) is 2. The normalized spacial score (nSPS) is 11.4. The lowest BCUT2D eigenvalue weighted by atomic mass is 10.1. The number of amides is 1. The molecule has 0 aliphatic rings. The second kappa shape index (κ2) is 7.00. The maximum absolute atomic E-state index is 12.2. The molecule has 6 nitrogen and oxygen atoms in total. The van der Waals surface area contributed by atoms with E-state index in [-0.39, 0.29) is 11.4 Å². The number of carbonyl (C=O) groups excluding carboxylic acids is 1. The molecule has 1 aromatic heterocycles. The second-order valence-corrected chi connectivity index (χ2v) is 5.60. The van der Waals surface area contributed by atoms with Gasteiger partial charge in [0.05, 0.1) is 5.71 Å². The van der Waals surface area contributed by atoms with Crippen molar-refractivity contribution in [3.8, 4) is 17.1 Å². The van der Waals surface area contributed by atoms with E-state index in [4.69, 9.17) is 4.52 Å². The summed E-state index contributed by atoms with van der Waals surface area (Å²) >= 11 is 0. The van der Waals surface area contributed by atoms with Gasteiger partial charge in [0.15, 0.2) is 11.5 Å². The molecule has 2 aromatic carbocycles. The Kier molecular flexibility index (Phi) is 4.61. The highest BCUT2D eigenvalue weighted by atomic mass is 16.5. The van der Waals surface area contributed by atoms with Gasteiger partial charge in [0.2, 0.25) is 0 Å². The molecule has 1 amide bonds. The van der Waals surface area contributed by atoms with Crippen LogP contribution < -0.4 is 5.43 Å². The third-order valence-corrected chi connectivity index (χ3v) is 3.67. The predicted molar refractivity (Wildman–Crippen MR) is 94.5 cm³/mol. The molecular weight excluding hydrogens is 318 g/mol. The van der Waals surface area contributed by atoms with Crippen molar-refractivity contribution in [2.75, 3.05) is 0 Å². The number of carbonyl (C=O) groups is 1. The van der Waals surface area contributed by atoms with Gasteiger partial charge in [0.25, 0.3) is 5.91 Å². The monoisotopic (exact) mass is 335 g/mol. The van der Waals surface area contributed by atoms with Crippen LogP contribution in [0.3, 0.4) is 0 Å². The van der Waals surface area contributed by atoms with Crippen LogP contribution in [0.2, 0.25) is 0 Å². The fourth-order valence-corrected chi connectivity index (χ4v) is 2.31. The summed E-state index contributed by atoms with van der Waals surface area (Å²) in [5.74, 6) is 0.120. The largest absolute Gasteiger partial charge is 0.507 e. The van der Waals surface area contributed by atoms with Crippen LogP contribution in [0.15, 0.2) is 64.2 Å². The number of aromatic nitrogens is 1. The van der Waals surface area contributed by atoms with E-state index in [2.05, 4.69) is 15.7 Å². The van der Waals surface area contributed by atoms with Crippen molar-refractivity contribution in [2.24, 2.45) is 5.10 Å². The number of aryl methyl sites for hydroxylation is 1. The average molecular weight is 335 g/mol. The van der Waals surface area contributed by atoms with E-state index in [1.807, 2.05) is 37.3 Å². The molecule has 3 rings (SSSR count). The first-order valence-corrected chi connectivity index (χ1v) is 7.71. The highest BCUT2D eigenvalue weighted by Gasteiger charge is 2.13. The van der Waals surface area contributed by atoms with Crippen molar-refractivity contribution in [1.82, 2.24) is 10.6 Å². The van der Waals surface area contributed by atoms with Crippen molar-refractivity contribution >= 4 is 11.6 Å². The molecule has 3 aromatic rings. The molecule has 126 valence electrons. The number of nitrogens with zero attached hydrogens (tertiary/aromatic N) is 2. The van der Waals surface area contributed by atoms with Gasteiger partial charge >= 0.3 is 0 Å². The molecule has 25 heavy (non-hydrogen) atoms. The fraction of sp³-hybridized carbons (Fsp3) is 0.105. The number of benzene rings is 2. The summed E-state index contributed by atoms with van der Waals surface area (Å²) in [6.07, 6.45) is 0. The summed E-state index contributed by atoms with van der Waals surface area (Å²) < 4.78 is 5.20.